The monoisotopic (exact) mass is 530 g/mol. The molecule has 8 heteroatoms. The molecule has 1 aliphatic carbocycles. The average Bonchev–Trinajstić information content (AvgIpc) is 3.27. The molecule has 2 amide bonds. The Morgan fingerprint density at radius 2 is 1.38 bits per heavy atom. The Morgan fingerprint density at radius 3 is 2.05 bits per heavy atom. The molecular weight excluding hydrogens is 496 g/mol. The molecule has 0 spiro atoms. The smallest absolute Gasteiger partial charge is 0.410 e. The van der Waals surface area contributed by atoms with Gasteiger partial charge in [-0.15, -0.1) is 0 Å². The van der Waals surface area contributed by atoms with Gasteiger partial charge < -0.3 is 19.9 Å². The highest BCUT2D eigenvalue weighted by molar-refractivity contribution is 5.79. The second-order valence-corrected chi connectivity index (χ2v) is 9.52. The maximum Gasteiger partial charge on any atom is 0.410 e. The van der Waals surface area contributed by atoms with Crippen LogP contribution in [0.5, 0.6) is 0 Å². The number of carbonyl (C=O) groups excluding carboxylic acids is 2. The maximum atomic E-state index is 12.8. The minimum Gasteiger partial charge on any atom is -0.480 e. The summed E-state index contributed by atoms with van der Waals surface area (Å²) in [6.07, 6.45) is 1.92. The number of rotatable bonds is 13. The topological polar surface area (TPSA) is 105 Å². The summed E-state index contributed by atoms with van der Waals surface area (Å²) in [6.45, 7) is 0.733. The molecule has 3 aromatic rings. The molecule has 4 rings (SSSR count). The van der Waals surface area contributed by atoms with Crippen LogP contribution in [0.25, 0.3) is 11.1 Å². The third kappa shape index (κ3) is 7.83. The summed E-state index contributed by atoms with van der Waals surface area (Å²) in [7, 11) is 0. The van der Waals surface area contributed by atoms with Gasteiger partial charge >= 0.3 is 18.2 Å². The van der Waals surface area contributed by atoms with Crippen LogP contribution in [0.4, 0.5) is 9.59 Å². The third-order valence-electron chi connectivity index (χ3n) is 6.76. The molecular formula is C31H34N2O6. The molecule has 0 aliphatic heterocycles. The molecule has 0 saturated carbocycles. The first-order valence-electron chi connectivity index (χ1n) is 13.3. The Bertz CT molecular complexity index is 1220. The van der Waals surface area contributed by atoms with E-state index >= 15 is 0 Å². The van der Waals surface area contributed by atoms with Gasteiger partial charge in [-0.25, -0.2) is 9.59 Å². The number of nitrogens with zero attached hydrogens (tertiary/aromatic N) is 1. The number of carboxylic acids is 1. The lowest BCUT2D eigenvalue weighted by Gasteiger charge is -2.22. The number of carbonyl (C=O) groups is 3. The molecule has 0 unspecified atom stereocenters. The number of nitrogens with one attached hydrogen (secondary N) is 1. The lowest BCUT2D eigenvalue weighted by Crippen LogP contribution is -2.37. The van der Waals surface area contributed by atoms with Crippen LogP contribution in [0.2, 0.25) is 0 Å². The molecule has 0 radical (unpaired) electrons. The Morgan fingerprint density at radius 1 is 0.769 bits per heavy atom. The van der Waals surface area contributed by atoms with Crippen LogP contribution in [0, 0.1) is 0 Å². The first-order valence-corrected chi connectivity index (χ1v) is 13.3. The van der Waals surface area contributed by atoms with Crippen molar-refractivity contribution in [2.45, 2.75) is 38.2 Å². The SMILES string of the molecule is O=C(O)CN(CCCCCCNC(=O)OCc1ccccc1)C(=O)OCC1c2ccccc2-c2ccccc21. The molecule has 2 N–H and O–H groups in total. The van der Waals surface area contributed by atoms with Gasteiger partial charge in [0, 0.05) is 19.0 Å². The van der Waals surface area contributed by atoms with E-state index in [9.17, 15) is 19.5 Å². The van der Waals surface area contributed by atoms with Crippen LogP contribution in [0.3, 0.4) is 0 Å². The van der Waals surface area contributed by atoms with Gasteiger partial charge in [0.25, 0.3) is 0 Å². The van der Waals surface area contributed by atoms with Gasteiger partial charge in [-0.3, -0.25) is 9.69 Å². The Labute approximate surface area is 228 Å². The standard InChI is InChI=1S/C31H34N2O6/c34-29(35)20-33(19-11-2-1-10-18-32-30(36)38-21-23-12-4-3-5-13-23)31(37)39-22-28-26-16-8-6-14-24(26)25-15-7-9-17-27(25)28/h3-9,12-17,28H,1-2,10-11,18-22H2,(H,32,36)(H,34,35). The normalized spacial score (nSPS) is 11.8. The number of carboxylic acid groups (broad SMARTS) is 1. The van der Waals surface area contributed by atoms with Crippen molar-refractivity contribution < 1.29 is 29.0 Å². The molecule has 3 aromatic carbocycles. The van der Waals surface area contributed by atoms with Gasteiger partial charge in [-0.1, -0.05) is 91.7 Å². The number of aliphatic carboxylic acids is 1. The fourth-order valence-electron chi connectivity index (χ4n) is 4.83. The van der Waals surface area contributed by atoms with E-state index in [-0.39, 0.29) is 25.7 Å². The number of unbranched alkanes of at least 4 members (excludes halogenated alkanes) is 3. The number of hydrogen-bond donors (Lipinski definition) is 2. The molecule has 0 aromatic heterocycles. The summed E-state index contributed by atoms with van der Waals surface area (Å²) >= 11 is 0. The van der Waals surface area contributed by atoms with E-state index in [1.54, 1.807) is 0 Å². The molecule has 8 nitrogen and oxygen atoms in total. The van der Waals surface area contributed by atoms with Crippen LogP contribution < -0.4 is 5.32 Å². The number of ether oxygens (including phenoxy) is 2. The predicted molar refractivity (Wildman–Crippen MR) is 147 cm³/mol. The first kappa shape index (κ1) is 27.7. The average molecular weight is 531 g/mol. The Hall–Kier alpha value is -4.33. The van der Waals surface area contributed by atoms with Gasteiger partial charge in [-0.2, -0.15) is 0 Å². The lowest BCUT2D eigenvalue weighted by atomic mass is 9.98. The van der Waals surface area contributed by atoms with Gasteiger partial charge in [0.05, 0.1) is 0 Å². The lowest BCUT2D eigenvalue weighted by molar-refractivity contribution is -0.138. The molecule has 0 bridgehead atoms. The van der Waals surface area contributed by atoms with E-state index < -0.39 is 24.7 Å². The highest BCUT2D eigenvalue weighted by Gasteiger charge is 2.30. The van der Waals surface area contributed by atoms with Crippen molar-refractivity contribution in [1.29, 1.82) is 0 Å². The number of fused-ring (bicyclic) bond motifs is 3. The fourth-order valence-corrected chi connectivity index (χ4v) is 4.83. The molecule has 0 atom stereocenters. The summed E-state index contributed by atoms with van der Waals surface area (Å²) in [5.74, 6) is -1.17. The number of amides is 2. The van der Waals surface area contributed by atoms with Crippen molar-refractivity contribution in [3.05, 3.63) is 95.6 Å². The van der Waals surface area contributed by atoms with Crippen LogP contribution >= 0.6 is 0 Å². The van der Waals surface area contributed by atoms with Crippen molar-refractivity contribution in [3.63, 3.8) is 0 Å². The minimum absolute atomic E-state index is 0.0834. The summed E-state index contributed by atoms with van der Waals surface area (Å²) in [6, 6.07) is 25.6. The zero-order valence-electron chi connectivity index (χ0n) is 21.9. The largest absolute Gasteiger partial charge is 0.480 e. The van der Waals surface area contributed by atoms with Gasteiger partial charge in [-0.05, 0) is 40.7 Å². The molecule has 204 valence electrons. The van der Waals surface area contributed by atoms with Crippen LogP contribution in [-0.4, -0.2) is 54.4 Å². The van der Waals surface area contributed by atoms with Gasteiger partial charge in [0.15, 0.2) is 0 Å². The molecule has 0 saturated heterocycles. The van der Waals surface area contributed by atoms with E-state index in [2.05, 4.69) is 17.4 Å². The minimum atomic E-state index is -1.08. The van der Waals surface area contributed by atoms with Crippen molar-refractivity contribution in [3.8, 4) is 11.1 Å². The maximum absolute atomic E-state index is 12.8. The Balaban J connectivity index is 1.17. The van der Waals surface area contributed by atoms with Crippen molar-refractivity contribution >= 4 is 18.2 Å². The second-order valence-electron chi connectivity index (χ2n) is 9.52. The number of hydrogen-bond acceptors (Lipinski definition) is 5. The third-order valence-corrected chi connectivity index (χ3v) is 6.76. The van der Waals surface area contributed by atoms with Crippen molar-refractivity contribution in [2.24, 2.45) is 0 Å². The molecule has 0 heterocycles. The summed E-state index contributed by atoms with van der Waals surface area (Å²) in [5, 5.41) is 12.0. The van der Waals surface area contributed by atoms with Crippen molar-refractivity contribution in [1.82, 2.24) is 10.2 Å². The number of benzene rings is 3. The summed E-state index contributed by atoms with van der Waals surface area (Å²) in [5.41, 5.74) is 5.41. The van der Waals surface area contributed by atoms with Crippen LogP contribution in [0.15, 0.2) is 78.9 Å². The van der Waals surface area contributed by atoms with Crippen molar-refractivity contribution in [2.75, 3.05) is 26.2 Å². The molecule has 1 aliphatic rings. The highest BCUT2D eigenvalue weighted by atomic mass is 16.6. The van der Waals surface area contributed by atoms with Crippen LogP contribution in [0.1, 0.15) is 48.3 Å². The van der Waals surface area contributed by atoms with E-state index in [4.69, 9.17) is 9.47 Å². The van der Waals surface area contributed by atoms with E-state index in [0.29, 0.717) is 13.0 Å². The first-order chi connectivity index (χ1) is 19.0. The van der Waals surface area contributed by atoms with Gasteiger partial charge in [0.2, 0.25) is 0 Å². The fraction of sp³-hybridized carbons (Fsp3) is 0.323. The summed E-state index contributed by atoms with van der Waals surface area (Å²) in [4.78, 5) is 37.3. The van der Waals surface area contributed by atoms with Gasteiger partial charge in [0.1, 0.15) is 19.8 Å². The number of alkyl carbamates (subject to hydrolysis) is 1. The van der Waals surface area contributed by atoms with E-state index in [1.807, 2.05) is 66.7 Å². The Kier molecular flexibility index (Phi) is 9.94. The quantitative estimate of drug-likeness (QED) is 0.270. The zero-order chi connectivity index (χ0) is 27.5. The summed E-state index contributed by atoms with van der Waals surface area (Å²) < 4.78 is 10.8. The molecule has 0 fully saturated rings. The highest BCUT2D eigenvalue weighted by Crippen LogP contribution is 2.44. The van der Waals surface area contributed by atoms with Crippen LogP contribution in [-0.2, 0) is 20.9 Å². The van der Waals surface area contributed by atoms with E-state index in [0.717, 1.165) is 47.1 Å². The predicted octanol–water partition coefficient (Wildman–Crippen LogP) is 5.81. The second kappa shape index (κ2) is 14.0. The van der Waals surface area contributed by atoms with E-state index in [1.165, 1.54) is 4.90 Å². The molecule has 39 heavy (non-hydrogen) atoms. The zero-order valence-corrected chi connectivity index (χ0v) is 21.9.